The predicted octanol–water partition coefficient (Wildman–Crippen LogP) is 1.47. The van der Waals surface area contributed by atoms with Gasteiger partial charge in [0.05, 0.1) is 6.54 Å². The number of nitrogens with zero attached hydrogens (tertiary/aromatic N) is 1. The number of carbonyl (C=O) groups excluding carboxylic acids is 2. The van der Waals surface area contributed by atoms with Gasteiger partial charge in [0.25, 0.3) is 0 Å². The Balaban J connectivity index is 2.43. The minimum absolute atomic E-state index is 0.110. The van der Waals surface area contributed by atoms with Crippen molar-refractivity contribution in [2.24, 2.45) is 0 Å². The highest BCUT2D eigenvalue weighted by Crippen LogP contribution is 2.13. The van der Waals surface area contributed by atoms with E-state index in [1.165, 1.54) is 4.90 Å². The molecule has 1 aliphatic heterocycles. The molecule has 0 aromatic heterocycles. The van der Waals surface area contributed by atoms with Gasteiger partial charge in [0.1, 0.15) is 17.8 Å². The third-order valence-electron chi connectivity index (χ3n) is 2.55. The zero-order chi connectivity index (χ0) is 13.9. The minimum Gasteiger partial charge on any atom is -0.444 e. The summed E-state index contributed by atoms with van der Waals surface area (Å²) in [5.41, 5.74) is -0.607. The lowest BCUT2D eigenvalue weighted by atomic mass is 10.2. The normalized spacial score (nSPS) is 21.6. The van der Waals surface area contributed by atoms with E-state index in [1.54, 1.807) is 27.7 Å². The van der Waals surface area contributed by atoms with Gasteiger partial charge in [-0.1, -0.05) is 0 Å². The molecular formula is C12H21FN2O3. The van der Waals surface area contributed by atoms with Gasteiger partial charge in [0.15, 0.2) is 0 Å². The van der Waals surface area contributed by atoms with Gasteiger partial charge in [-0.05, 0) is 34.1 Å². The molecule has 0 aromatic rings. The van der Waals surface area contributed by atoms with E-state index >= 15 is 0 Å². The first kappa shape index (κ1) is 14.7. The fourth-order valence-electron chi connectivity index (χ4n) is 1.74. The number of ether oxygens (including phenoxy) is 1. The van der Waals surface area contributed by atoms with Gasteiger partial charge in [-0.3, -0.25) is 4.79 Å². The second-order valence-electron chi connectivity index (χ2n) is 5.54. The van der Waals surface area contributed by atoms with E-state index in [1.807, 2.05) is 0 Å². The Kier molecular flexibility index (Phi) is 4.53. The molecule has 2 amide bonds. The number of alkyl carbamates (subject to hydrolysis) is 1. The topological polar surface area (TPSA) is 58.6 Å². The average Bonchev–Trinajstić information content (AvgIpc) is 2.60. The summed E-state index contributed by atoms with van der Waals surface area (Å²) in [5, 5.41) is 2.45. The summed E-state index contributed by atoms with van der Waals surface area (Å²) < 4.78 is 18.0. The van der Waals surface area contributed by atoms with Crippen molar-refractivity contribution >= 4 is 12.0 Å². The van der Waals surface area contributed by atoms with Crippen molar-refractivity contribution < 1.29 is 18.7 Å². The molecular weight excluding hydrogens is 239 g/mol. The molecule has 1 rings (SSSR count). The van der Waals surface area contributed by atoms with E-state index in [9.17, 15) is 14.0 Å². The van der Waals surface area contributed by atoms with Crippen LogP contribution in [0.15, 0.2) is 0 Å². The van der Waals surface area contributed by atoms with Crippen molar-refractivity contribution in [2.75, 3.05) is 13.1 Å². The maximum atomic E-state index is 13.0. The third kappa shape index (κ3) is 4.50. The maximum Gasteiger partial charge on any atom is 0.408 e. The number of halogens is 1. The van der Waals surface area contributed by atoms with E-state index in [2.05, 4.69) is 5.32 Å². The van der Waals surface area contributed by atoms with Crippen molar-refractivity contribution in [3.63, 3.8) is 0 Å². The number of hydrogen-bond donors (Lipinski definition) is 1. The highest BCUT2D eigenvalue weighted by molar-refractivity contribution is 5.85. The molecule has 0 bridgehead atoms. The molecule has 6 heteroatoms. The molecule has 0 saturated carbocycles. The Morgan fingerprint density at radius 1 is 1.44 bits per heavy atom. The van der Waals surface area contributed by atoms with Crippen molar-refractivity contribution in [3.05, 3.63) is 0 Å². The summed E-state index contributed by atoms with van der Waals surface area (Å²) >= 11 is 0. The van der Waals surface area contributed by atoms with Crippen LogP contribution in [0.2, 0.25) is 0 Å². The van der Waals surface area contributed by atoms with Crippen LogP contribution < -0.4 is 5.32 Å². The van der Waals surface area contributed by atoms with Gasteiger partial charge in [-0.2, -0.15) is 0 Å². The van der Waals surface area contributed by atoms with Crippen molar-refractivity contribution in [3.8, 4) is 0 Å². The van der Waals surface area contributed by atoms with Crippen LogP contribution in [0.4, 0.5) is 9.18 Å². The second kappa shape index (κ2) is 5.54. The Hall–Kier alpha value is -1.33. The molecule has 1 heterocycles. The van der Waals surface area contributed by atoms with Gasteiger partial charge < -0.3 is 15.0 Å². The van der Waals surface area contributed by atoms with Crippen LogP contribution in [0.25, 0.3) is 0 Å². The summed E-state index contributed by atoms with van der Waals surface area (Å²) in [6, 6.07) is -0.704. The quantitative estimate of drug-likeness (QED) is 0.818. The van der Waals surface area contributed by atoms with E-state index in [0.29, 0.717) is 13.0 Å². The van der Waals surface area contributed by atoms with Crippen LogP contribution in [0.1, 0.15) is 34.1 Å². The molecule has 1 N–H and O–H groups in total. The molecule has 18 heavy (non-hydrogen) atoms. The van der Waals surface area contributed by atoms with Crippen LogP contribution in [0, 0.1) is 0 Å². The van der Waals surface area contributed by atoms with E-state index < -0.39 is 23.9 Å². The Morgan fingerprint density at radius 3 is 2.50 bits per heavy atom. The lowest BCUT2D eigenvalue weighted by Gasteiger charge is -2.24. The highest BCUT2D eigenvalue weighted by atomic mass is 19.1. The summed E-state index contributed by atoms with van der Waals surface area (Å²) in [6.07, 6.45) is -1.23. The van der Waals surface area contributed by atoms with Crippen molar-refractivity contribution in [1.82, 2.24) is 10.2 Å². The lowest BCUT2D eigenvalue weighted by Crippen LogP contribution is -2.47. The molecule has 0 aliphatic carbocycles. The highest BCUT2D eigenvalue weighted by Gasteiger charge is 2.30. The lowest BCUT2D eigenvalue weighted by molar-refractivity contribution is -0.132. The third-order valence-corrected chi connectivity index (χ3v) is 2.55. The van der Waals surface area contributed by atoms with Gasteiger partial charge in [-0.25, -0.2) is 9.18 Å². The Bertz CT molecular complexity index is 328. The minimum atomic E-state index is -0.956. The van der Waals surface area contributed by atoms with Crippen molar-refractivity contribution in [2.45, 2.75) is 51.9 Å². The fourth-order valence-corrected chi connectivity index (χ4v) is 1.74. The predicted molar refractivity (Wildman–Crippen MR) is 64.9 cm³/mol. The van der Waals surface area contributed by atoms with Crippen LogP contribution in [-0.4, -0.2) is 47.8 Å². The summed E-state index contributed by atoms with van der Waals surface area (Å²) in [4.78, 5) is 24.8. The zero-order valence-electron chi connectivity index (χ0n) is 11.3. The molecule has 104 valence electrons. The first-order valence-electron chi connectivity index (χ1n) is 6.11. The summed E-state index contributed by atoms with van der Waals surface area (Å²) in [6.45, 7) is 7.31. The molecule has 2 atom stereocenters. The molecule has 0 unspecified atom stereocenters. The van der Waals surface area contributed by atoms with Crippen LogP contribution >= 0.6 is 0 Å². The smallest absolute Gasteiger partial charge is 0.408 e. The molecule has 0 aromatic carbocycles. The average molecular weight is 260 g/mol. The molecule has 1 aliphatic rings. The number of carbonyl (C=O) groups is 2. The first-order valence-corrected chi connectivity index (χ1v) is 6.11. The monoisotopic (exact) mass is 260 g/mol. The Labute approximate surface area is 107 Å². The van der Waals surface area contributed by atoms with Crippen LogP contribution in [0.3, 0.4) is 0 Å². The number of likely N-dealkylation sites (tertiary alicyclic amines) is 1. The van der Waals surface area contributed by atoms with E-state index in [4.69, 9.17) is 4.74 Å². The number of alkyl halides is 1. The Morgan fingerprint density at radius 2 is 2.06 bits per heavy atom. The van der Waals surface area contributed by atoms with Gasteiger partial charge in [0, 0.05) is 6.54 Å². The second-order valence-corrected chi connectivity index (χ2v) is 5.54. The van der Waals surface area contributed by atoms with Crippen molar-refractivity contribution in [1.29, 1.82) is 0 Å². The molecule has 0 spiro atoms. The molecule has 1 saturated heterocycles. The number of rotatable bonds is 2. The van der Waals surface area contributed by atoms with Gasteiger partial charge in [-0.15, -0.1) is 0 Å². The fraction of sp³-hybridized carbons (Fsp3) is 0.833. The van der Waals surface area contributed by atoms with Gasteiger partial charge >= 0.3 is 6.09 Å². The molecule has 0 radical (unpaired) electrons. The zero-order valence-corrected chi connectivity index (χ0v) is 11.3. The maximum absolute atomic E-state index is 13.0. The van der Waals surface area contributed by atoms with Crippen LogP contribution in [-0.2, 0) is 9.53 Å². The van der Waals surface area contributed by atoms with E-state index in [0.717, 1.165) is 0 Å². The largest absolute Gasteiger partial charge is 0.444 e. The number of nitrogens with one attached hydrogen (secondary N) is 1. The SMILES string of the molecule is C[C@@H](NC(=O)OC(C)(C)C)C(=O)N1CC[C@H](F)C1. The molecule has 5 nitrogen and oxygen atoms in total. The summed E-state index contributed by atoms with van der Waals surface area (Å²) in [5.74, 6) is -0.277. The molecule has 1 fully saturated rings. The number of hydrogen-bond acceptors (Lipinski definition) is 3. The first-order chi connectivity index (χ1) is 8.19. The van der Waals surface area contributed by atoms with Gasteiger partial charge in [0.2, 0.25) is 5.91 Å². The standard InChI is InChI=1S/C12H21FN2O3/c1-8(14-11(17)18-12(2,3)4)10(16)15-6-5-9(13)7-15/h8-9H,5-7H2,1-4H3,(H,14,17)/t8-,9+/m1/s1. The van der Waals surface area contributed by atoms with E-state index in [-0.39, 0.29) is 12.5 Å². The number of amides is 2. The van der Waals surface area contributed by atoms with Crippen LogP contribution in [0.5, 0.6) is 0 Å². The summed E-state index contributed by atoms with van der Waals surface area (Å²) in [7, 11) is 0.